The smallest absolute Gasteiger partial charge is 0.262 e. The van der Waals surface area contributed by atoms with Gasteiger partial charge in [0.15, 0.2) is 11.5 Å². The Labute approximate surface area is 193 Å². The number of phenolic OH excluding ortho intramolecular Hbond substituents is 1. The Balaban J connectivity index is 0. The van der Waals surface area contributed by atoms with Crippen molar-refractivity contribution >= 4 is 12.0 Å². The maximum Gasteiger partial charge on any atom is 0.262 e. The fraction of sp³-hybridized carbons (Fsp3) is 0.259. The van der Waals surface area contributed by atoms with Crippen molar-refractivity contribution in [2.24, 2.45) is 0 Å². The summed E-state index contributed by atoms with van der Waals surface area (Å²) in [6.45, 7) is 13.8. The van der Waals surface area contributed by atoms with Crippen molar-refractivity contribution < 1.29 is 14.6 Å². The minimum Gasteiger partial charge on any atom is -0.504 e. The van der Waals surface area contributed by atoms with Crippen LogP contribution in [0, 0.1) is 11.3 Å². The number of carbonyl (C=O) groups is 1. The normalized spacial score (nSPS) is 11.3. The predicted octanol–water partition coefficient (Wildman–Crippen LogP) is 6.28. The average Bonchev–Trinajstić information content (AvgIpc) is 2.83. The highest BCUT2D eigenvalue weighted by Gasteiger charge is 2.07. The molecule has 1 rings (SSSR count). The Bertz CT molecular complexity index is 883. The first-order valence-corrected chi connectivity index (χ1v) is 10.6. The van der Waals surface area contributed by atoms with Gasteiger partial charge in [0.25, 0.3) is 5.91 Å². The first-order chi connectivity index (χ1) is 15.5. The lowest BCUT2D eigenvalue weighted by molar-refractivity contribution is -0.116. The Kier molecular flexibility index (Phi) is 19.5. The number of nitriles is 1. The summed E-state index contributed by atoms with van der Waals surface area (Å²) in [4.78, 5) is 12.1. The number of amides is 1. The summed E-state index contributed by atoms with van der Waals surface area (Å²) in [5.74, 6) is 0.0134. The van der Waals surface area contributed by atoms with Gasteiger partial charge in [-0.1, -0.05) is 88.9 Å². The van der Waals surface area contributed by atoms with Crippen LogP contribution in [-0.4, -0.2) is 24.7 Å². The van der Waals surface area contributed by atoms with E-state index in [0.29, 0.717) is 12.3 Å². The van der Waals surface area contributed by atoms with Gasteiger partial charge in [0.2, 0.25) is 0 Å². The number of hydrogen-bond donors (Lipinski definition) is 2. The van der Waals surface area contributed by atoms with Crippen LogP contribution in [0.1, 0.15) is 40.2 Å². The van der Waals surface area contributed by atoms with Gasteiger partial charge in [-0.15, -0.1) is 0 Å². The predicted molar refractivity (Wildman–Crippen MR) is 135 cm³/mol. The van der Waals surface area contributed by atoms with Crippen molar-refractivity contribution in [3.05, 3.63) is 90.1 Å². The molecule has 0 aliphatic heterocycles. The van der Waals surface area contributed by atoms with Gasteiger partial charge in [-0.05, 0) is 36.3 Å². The van der Waals surface area contributed by atoms with Gasteiger partial charge >= 0.3 is 0 Å². The molecule has 0 saturated carbocycles. The molecule has 1 amide bonds. The Morgan fingerprint density at radius 2 is 1.88 bits per heavy atom. The number of allylic oxidation sites excluding steroid dienone is 7. The highest BCUT2D eigenvalue weighted by atomic mass is 16.5. The molecule has 2 N–H and O–H groups in total. The number of aromatic hydroxyl groups is 1. The Morgan fingerprint density at radius 3 is 2.44 bits per heavy atom. The van der Waals surface area contributed by atoms with E-state index in [1.54, 1.807) is 48.6 Å². The lowest BCUT2D eigenvalue weighted by atomic mass is 10.2. The number of hydrogen-bond acceptors (Lipinski definition) is 4. The molecule has 32 heavy (non-hydrogen) atoms. The third-order valence-electron chi connectivity index (χ3n) is 3.51. The fourth-order valence-corrected chi connectivity index (χ4v) is 2.16. The molecule has 0 bridgehead atoms. The van der Waals surface area contributed by atoms with Crippen molar-refractivity contribution in [1.82, 2.24) is 5.32 Å². The SMILES string of the molecule is C=C/C=C(\C=C/C)CNC(=O)/C(C#N)=C/C=C/C=C/c1ccc(O)c(OC)c1.CC.CC. The van der Waals surface area contributed by atoms with Crippen molar-refractivity contribution in [2.45, 2.75) is 34.6 Å². The summed E-state index contributed by atoms with van der Waals surface area (Å²) < 4.78 is 5.05. The van der Waals surface area contributed by atoms with Gasteiger partial charge in [0.05, 0.1) is 7.11 Å². The second-order valence-electron chi connectivity index (χ2n) is 5.53. The number of methoxy groups -OCH3 is 1. The van der Waals surface area contributed by atoms with Crippen LogP contribution in [0.5, 0.6) is 11.5 Å². The van der Waals surface area contributed by atoms with E-state index >= 15 is 0 Å². The van der Waals surface area contributed by atoms with Crippen LogP contribution < -0.4 is 10.1 Å². The zero-order chi connectivity index (χ0) is 24.8. The van der Waals surface area contributed by atoms with Gasteiger partial charge in [0.1, 0.15) is 11.6 Å². The van der Waals surface area contributed by atoms with Crippen LogP contribution >= 0.6 is 0 Å². The van der Waals surface area contributed by atoms with Crippen LogP contribution in [0.3, 0.4) is 0 Å². The molecular formula is C27H36N2O3. The molecule has 0 saturated heterocycles. The van der Waals surface area contributed by atoms with Crippen molar-refractivity contribution in [1.29, 1.82) is 5.26 Å². The molecule has 0 atom stereocenters. The fourth-order valence-electron chi connectivity index (χ4n) is 2.16. The maximum absolute atomic E-state index is 12.1. The van der Waals surface area contributed by atoms with Crippen LogP contribution in [-0.2, 0) is 4.79 Å². The zero-order valence-corrected chi connectivity index (χ0v) is 20.1. The van der Waals surface area contributed by atoms with E-state index in [1.807, 2.05) is 58.9 Å². The second-order valence-corrected chi connectivity index (χ2v) is 5.53. The van der Waals surface area contributed by atoms with Crippen LogP contribution in [0.2, 0.25) is 0 Å². The summed E-state index contributed by atoms with van der Waals surface area (Å²) in [5.41, 5.74) is 1.73. The quantitative estimate of drug-likeness (QED) is 0.271. The van der Waals surface area contributed by atoms with Gasteiger partial charge in [-0.2, -0.15) is 5.26 Å². The van der Waals surface area contributed by atoms with E-state index in [1.165, 1.54) is 13.2 Å². The maximum atomic E-state index is 12.1. The van der Waals surface area contributed by atoms with Gasteiger partial charge < -0.3 is 15.2 Å². The number of ether oxygens (including phenoxy) is 1. The molecule has 0 aromatic heterocycles. The minimum absolute atomic E-state index is 0.00869. The Morgan fingerprint density at radius 1 is 1.19 bits per heavy atom. The molecule has 5 heteroatoms. The van der Waals surface area contributed by atoms with Crippen LogP contribution in [0.4, 0.5) is 0 Å². The van der Waals surface area contributed by atoms with Crippen LogP contribution in [0.15, 0.2) is 84.5 Å². The van der Waals surface area contributed by atoms with E-state index in [0.717, 1.165) is 11.1 Å². The van der Waals surface area contributed by atoms with Crippen LogP contribution in [0.25, 0.3) is 6.08 Å². The van der Waals surface area contributed by atoms with E-state index < -0.39 is 5.91 Å². The first kappa shape index (κ1) is 30.4. The monoisotopic (exact) mass is 436 g/mol. The van der Waals surface area contributed by atoms with Gasteiger partial charge in [-0.3, -0.25) is 4.79 Å². The molecule has 5 nitrogen and oxygen atoms in total. The molecule has 0 aliphatic rings. The largest absolute Gasteiger partial charge is 0.504 e. The third kappa shape index (κ3) is 12.7. The summed E-state index contributed by atoms with van der Waals surface area (Å²) in [7, 11) is 1.48. The minimum atomic E-state index is -0.445. The topological polar surface area (TPSA) is 82.4 Å². The molecule has 0 fully saturated rings. The number of phenols is 1. The molecule has 1 aromatic carbocycles. The molecule has 1 aromatic rings. The van der Waals surface area contributed by atoms with E-state index in [-0.39, 0.29) is 11.3 Å². The van der Waals surface area contributed by atoms with Crippen molar-refractivity contribution in [3.63, 3.8) is 0 Å². The highest BCUT2D eigenvalue weighted by Crippen LogP contribution is 2.26. The number of carbonyl (C=O) groups excluding carboxylic acids is 1. The number of benzene rings is 1. The third-order valence-corrected chi connectivity index (χ3v) is 3.51. The standard InChI is InChI=1S/C23H24N2O3.2C2H6/c1-4-9-19(10-5-2)17-25-23(27)20(16-24)12-8-6-7-11-18-13-14-21(26)22(15-18)28-3;2*1-2/h4-15,26H,1,17H2,2-3H3,(H,25,27);2*1-2H3/b8-6+,10-5-,11-7+,19-9+,20-12+;;. The lowest BCUT2D eigenvalue weighted by Crippen LogP contribution is -2.26. The number of nitrogens with zero attached hydrogens (tertiary/aromatic N) is 1. The van der Waals surface area contributed by atoms with E-state index in [9.17, 15) is 15.2 Å². The lowest BCUT2D eigenvalue weighted by Gasteiger charge is -2.04. The van der Waals surface area contributed by atoms with Crippen molar-refractivity contribution in [2.75, 3.05) is 13.7 Å². The summed E-state index contributed by atoms with van der Waals surface area (Å²) in [6.07, 6.45) is 15.5. The Hall–Kier alpha value is -3.78. The summed E-state index contributed by atoms with van der Waals surface area (Å²) in [5, 5.41) is 21.4. The molecule has 0 heterocycles. The van der Waals surface area contributed by atoms with E-state index in [4.69, 9.17) is 4.74 Å². The highest BCUT2D eigenvalue weighted by molar-refractivity contribution is 5.97. The molecule has 0 spiro atoms. The molecule has 0 unspecified atom stereocenters. The van der Waals surface area contributed by atoms with Crippen molar-refractivity contribution in [3.8, 4) is 17.6 Å². The first-order valence-electron chi connectivity index (χ1n) is 10.6. The number of nitrogens with one attached hydrogen (secondary N) is 1. The average molecular weight is 437 g/mol. The number of rotatable bonds is 9. The van der Waals surface area contributed by atoms with Gasteiger partial charge in [0, 0.05) is 6.54 Å². The molecular weight excluding hydrogens is 400 g/mol. The molecule has 0 radical (unpaired) electrons. The van der Waals surface area contributed by atoms with E-state index in [2.05, 4.69) is 11.9 Å². The second kappa shape index (κ2) is 20.5. The zero-order valence-electron chi connectivity index (χ0n) is 20.1. The molecule has 172 valence electrons. The molecule has 0 aliphatic carbocycles. The van der Waals surface area contributed by atoms with Gasteiger partial charge in [-0.25, -0.2) is 0 Å². The summed E-state index contributed by atoms with van der Waals surface area (Å²) in [6, 6.07) is 6.87. The summed E-state index contributed by atoms with van der Waals surface area (Å²) >= 11 is 0.